The maximum Gasteiger partial charge on any atom is 0.389 e. The summed E-state index contributed by atoms with van der Waals surface area (Å²) in [7, 11) is 1.79. The lowest BCUT2D eigenvalue weighted by Gasteiger charge is -2.16. The number of alkyl halides is 3. The molecule has 0 amide bonds. The van der Waals surface area contributed by atoms with Crippen LogP contribution in [-0.4, -0.2) is 32.5 Å². The van der Waals surface area contributed by atoms with E-state index in [1.807, 2.05) is 6.92 Å². The number of nitrogens with one attached hydrogen (secondary N) is 1. The van der Waals surface area contributed by atoms with Gasteiger partial charge < -0.3 is 10.1 Å². The van der Waals surface area contributed by atoms with Crippen LogP contribution in [0.5, 0.6) is 0 Å². The minimum Gasteiger partial charge on any atom is -0.382 e. The first-order valence-corrected chi connectivity index (χ1v) is 5.81. The first-order chi connectivity index (χ1) is 7.49. The van der Waals surface area contributed by atoms with Crippen LogP contribution in [-0.2, 0) is 4.74 Å². The average Bonchev–Trinajstić information content (AvgIpc) is 2.20. The van der Waals surface area contributed by atoms with E-state index in [4.69, 9.17) is 4.74 Å². The van der Waals surface area contributed by atoms with Gasteiger partial charge in [-0.05, 0) is 39.7 Å². The summed E-state index contributed by atoms with van der Waals surface area (Å²) in [6.45, 7) is 3.31. The van der Waals surface area contributed by atoms with Crippen molar-refractivity contribution in [3.8, 4) is 0 Å². The predicted molar refractivity (Wildman–Crippen MR) is 58.5 cm³/mol. The van der Waals surface area contributed by atoms with Gasteiger partial charge in [-0.15, -0.1) is 0 Å². The van der Waals surface area contributed by atoms with E-state index in [1.54, 1.807) is 7.05 Å². The van der Waals surface area contributed by atoms with Crippen LogP contribution in [0, 0.1) is 0 Å². The van der Waals surface area contributed by atoms with Crippen molar-refractivity contribution in [2.75, 3.05) is 20.3 Å². The van der Waals surface area contributed by atoms with Gasteiger partial charge in [-0.3, -0.25) is 0 Å². The molecule has 0 aliphatic carbocycles. The molecule has 1 atom stereocenters. The van der Waals surface area contributed by atoms with Crippen molar-refractivity contribution < 1.29 is 17.9 Å². The highest BCUT2D eigenvalue weighted by Gasteiger charge is 2.26. The quantitative estimate of drug-likeness (QED) is 0.626. The Labute approximate surface area is 95.5 Å². The fourth-order valence-corrected chi connectivity index (χ4v) is 1.56. The average molecular weight is 241 g/mol. The zero-order valence-electron chi connectivity index (χ0n) is 10.1. The van der Waals surface area contributed by atoms with E-state index >= 15 is 0 Å². The molecule has 0 aromatic carbocycles. The van der Waals surface area contributed by atoms with Crippen molar-refractivity contribution in [3.63, 3.8) is 0 Å². The fraction of sp³-hybridized carbons (Fsp3) is 1.00. The third kappa shape index (κ3) is 10.2. The molecule has 16 heavy (non-hydrogen) atoms. The Morgan fingerprint density at radius 2 is 1.81 bits per heavy atom. The van der Waals surface area contributed by atoms with Gasteiger partial charge in [0.1, 0.15) is 0 Å². The Morgan fingerprint density at radius 3 is 2.31 bits per heavy atom. The zero-order valence-corrected chi connectivity index (χ0v) is 10.1. The summed E-state index contributed by atoms with van der Waals surface area (Å²) in [4.78, 5) is 0. The third-order valence-electron chi connectivity index (χ3n) is 2.47. The Hall–Kier alpha value is -0.290. The van der Waals surface area contributed by atoms with E-state index in [0.29, 0.717) is 19.6 Å². The summed E-state index contributed by atoms with van der Waals surface area (Å²) in [6.07, 6.45) is -2.17. The molecule has 0 aromatic heterocycles. The molecule has 98 valence electrons. The summed E-state index contributed by atoms with van der Waals surface area (Å²) < 4.78 is 40.9. The van der Waals surface area contributed by atoms with E-state index in [2.05, 4.69) is 5.32 Å². The first-order valence-electron chi connectivity index (χ1n) is 5.81. The van der Waals surface area contributed by atoms with Gasteiger partial charge in [-0.25, -0.2) is 0 Å². The van der Waals surface area contributed by atoms with Crippen LogP contribution in [0.25, 0.3) is 0 Å². The van der Waals surface area contributed by atoms with Crippen LogP contribution in [0.3, 0.4) is 0 Å². The van der Waals surface area contributed by atoms with Crippen molar-refractivity contribution in [2.45, 2.75) is 51.2 Å². The summed E-state index contributed by atoms with van der Waals surface area (Å²) in [5, 5.41) is 3.04. The van der Waals surface area contributed by atoms with Gasteiger partial charge in [0.25, 0.3) is 0 Å². The second-order valence-corrected chi connectivity index (χ2v) is 3.83. The molecule has 0 aromatic rings. The molecule has 5 heteroatoms. The van der Waals surface area contributed by atoms with Gasteiger partial charge >= 0.3 is 6.18 Å². The SMILES string of the molecule is CCOCCCC(CCCC(F)(F)F)NC. The van der Waals surface area contributed by atoms with E-state index in [0.717, 1.165) is 12.8 Å². The minimum atomic E-state index is -4.02. The molecule has 2 nitrogen and oxygen atoms in total. The Morgan fingerprint density at radius 1 is 1.19 bits per heavy atom. The Kier molecular flexibility index (Phi) is 8.66. The molecule has 0 bridgehead atoms. The second-order valence-electron chi connectivity index (χ2n) is 3.83. The molecule has 1 unspecified atom stereocenters. The van der Waals surface area contributed by atoms with Crippen molar-refractivity contribution in [2.24, 2.45) is 0 Å². The molecule has 0 radical (unpaired) electrons. The number of ether oxygens (including phenoxy) is 1. The fourth-order valence-electron chi connectivity index (χ4n) is 1.56. The van der Waals surface area contributed by atoms with Crippen molar-refractivity contribution in [1.29, 1.82) is 0 Å². The molecule has 0 saturated carbocycles. The van der Waals surface area contributed by atoms with Gasteiger partial charge in [0.05, 0.1) is 0 Å². The van der Waals surface area contributed by atoms with Gasteiger partial charge in [0.2, 0.25) is 0 Å². The molecule has 0 rings (SSSR count). The maximum atomic E-state index is 11.9. The largest absolute Gasteiger partial charge is 0.389 e. The summed E-state index contributed by atoms with van der Waals surface area (Å²) in [6, 6.07) is 0.169. The predicted octanol–water partition coefficient (Wildman–Crippen LogP) is 3.12. The van der Waals surface area contributed by atoms with Crippen molar-refractivity contribution >= 4 is 0 Å². The number of hydrogen-bond donors (Lipinski definition) is 1. The van der Waals surface area contributed by atoms with E-state index in [1.165, 1.54) is 0 Å². The van der Waals surface area contributed by atoms with Crippen LogP contribution in [0.2, 0.25) is 0 Å². The van der Waals surface area contributed by atoms with E-state index in [-0.39, 0.29) is 12.5 Å². The van der Waals surface area contributed by atoms with E-state index in [9.17, 15) is 13.2 Å². The number of rotatable bonds is 9. The van der Waals surface area contributed by atoms with Crippen LogP contribution in [0.1, 0.15) is 39.0 Å². The lowest BCUT2D eigenvalue weighted by atomic mass is 10.0. The molecule has 0 saturated heterocycles. The van der Waals surface area contributed by atoms with Crippen LogP contribution in [0.15, 0.2) is 0 Å². The molecule has 0 fully saturated rings. The molecular formula is C11H22F3NO. The van der Waals surface area contributed by atoms with Crippen LogP contribution < -0.4 is 5.32 Å². The normalized spacial score (nSPS) is 14.1. The second kappa shape index (κ2) is 8.82. The van der Waals surface area contributed by atoms with Gasteiger partial charge in [0, 0.05) is 25.7 Å². The Balaban J connectivity index is 3.51. The monoisotopic (exact) mass is 241 g/mol. The smallest absolute Gasteiger partial charge is 0.382 e. The molecule has 0 heterocycles. The summed E-state index contributed by atoms with van der Waals surface area (Å²) in [5.74, 6) is 0. The molecule has 0 spiro atoms. The minimum absolute atomic E-state index is 0.169. The highest BCUT2D eigenvalue weighted by Crippen LogP contribution is 2.23. The van der Waals surface area contributed by atoms with Gasteiger partial charge in [-0.2, -0.15) is 13.2 Å². The first kappa shape index (κ1) is 15.7. The topological polar surface area (TPSA) is 21.3 Å². The lowest BCUT2D eigenvalue weighted by Crippen LogP contribution is -2.26. The molecule has 1 N–H and O–H groups in total. The lowest BCUT2D eigenvalue weighted by molar-refractivity contribution is -0.135. The zero-order chi connectivity index (χ0) is 12.4. The maximum absolute atomic E-state index is 11.9. The Bertz CT molecular complexity index is 162. The molecule has 0 aliphatic heterocycles. The standard InChI is InChI=1S/C11H22F3NO/c1-3-16-9-5-7-10(15-2)6-4-8-11(12,13)14/h10,15H,3-9H2,1-2H3. The van der Waals surface area contributed by atoms with Crippen LogP contribution in [0.4, 0.5) is 13.2 Å². The highest BCUT2D eigenvalue weighted by molar-refractivity contribution is 4.65. The molecular weight excluding hydrogens is 219 g/mol. The van der Waals surface area contributed by atoms with Crippen LogP contribution >= 0.6 is 0 Å². The third-order valence-corrected chi connectivity index (χ3v) is 2.47. The number of halogens is 3. The number of hydrogen-bond acceptors (Lipinski definition) is 2. The van der Waals surface area contributed by atoms with Crippen molar-refractivity contribution in [3.05, 3.63) is 0 Å². The van der Waals surface area contributed by atoms with Gasteiger partial charge in [0.15, 0.2) is 0 Å². The van der Waals surface area contributed by atoms with Crippen molar-refractivity contribution in [1.82, 2.24) is 5.32 Å². The van der Waals surface area contributed by atoms with Gasteiger partial charge in [-0.1, -0.05) is 0 Å². The summed E-state index contributed by atoms with van der Waals surface area (Å²) in [5.41, 5.74) is 0. The highest BCUT2D eigenvalue weighted by atomic mass is 19.4. The van der Waals surface area contributed by atoms with E-state index < -0.39 is 12.6 Å². The summed E-state index contributed by atoms with van der Waals surface area (Å²) >= 11 is 0. The molecule has 0 aliphatic rings.